The second kappa shape index (κ2) is 11.9. The molecule has 5 nitrogen and oxygen atoms in total. The highest BCUT2D eigenvalue weighted by molar-refractivity contribution is 5.79. The molecule has 1 aromatic rings. The number of rotatable bonds is 9. The van der Waals surface area contributed by atoms with E-state index in [9.17, 15) is 0 Å². The van der Waals surface area contributed by atoms with Crippen molar-refractivity contribution in [3.63, 3.8) is 0 Å². The number of piperidine rings is 1. The Morgan fingerprint density at radius 1 is 1.19 bits per heavy atom. The Balaban J connectivity index is 1.63. The highest BCUT2D eigenvalue weighted by Crippen LogP contribution is 2.13. The molecule has 1 aromatic carbocycles. The Bertz CT molecular complexity index is 508. The highest BCUT2D eigenvalue weighted by Gasteiger charge is 2.19. The van der Waals surface area contributed by atoms with Crippen LogP contribution < -0.4 is 10.6 Å². The molecule has 2 N–H and O–H groups in total. The minimum Gasteiger partial charge on any atom is -0.355 e. The summed E-state index contributed by atoms with van der Waals surface area (Å²) in [5, 5.41) is 7.06. The van der Waals surface area contributed by atoms with Gasteiger partial charge in [0.05, 0.1) is 0 Å². The minimum absolute atomic E-state index is 0.519. The number of likely N-dealkylation sites (tertiary alicyclic amines) is 1. The number of benzene rings is 1. The van der Waals surface area contributed by atoms with E-state index in [1.165, 1.54) is 37.8 Å². The zero-order valence-corrected chi connectivity index (χ0v) is 16.9. The van der Waals surface area contributed by atoms with Crippen molar-refractivity contribution in [2.75, 3.05) is 46.8 Å². The van der Waals surface area contributed by atoms with Crippen molar-refractivity contribution in [2.24, 2.45) is 4.99 Å². The van der Waals surface area contributed by atoms with Gasteiger partial charge >= 0.3 is 0 Å². The molecule has 1 aliphatic heterocycles. The molecule has 1 heterocycles. The molecule has 1 saturated heterocycles. The summed E-state index contributed by atoms with van der Waals surface area (Å²) in [7, 11) is 4.05. The lowest BCUT2D eigenvalue weighted by Crippen LogP contribution is -2.49. The van der Waals surface area contributed by atoms with Crippen molar-refractivity contribution in [1.82, 2.24) is 20.4 Å². The summed E-state index contributed by atoms with van der Waals surface area (Å²) < 4.78 is 0. The van der Waals surface area contributed by atoms with Crippen LogP contribution in [0, 0.1) is 0 Å². The van der Waals surface area contributed by atoms with Crippen molar-refractivity contribution in [2.45, 2.75) is 45.2 Å². The lowest BCUT2D eigenvalue weighted by Gasteiger charge is -2.33. The minimum atomic E-state index is 0.519. The molecule has 0 radical (unpaired) electrons. The number of unbranched alkanes of at least 4 members (excludes halogenated alkanes) is 1. The molecular formula is C21H37N5. The molecule has 0 amide bonds. The molecule has 1 fully saturated rings. The molecule has 1 aliphatic rings. The largest absolute Gasteiger partial charge is 0.355 e. The third-order valence-electron chi connectivity index (χ3n) is 5.08. The van der Waals surface area contributed by atoms with Crippen LogP contribution in [0.1, 0.15) is 38.2 Å². The van der Waals surface area contributed by atoms with Crippen LogP contribution >= 0.6 is 0 Å². The Morgan fingerprint density at radius 2 is 1.92 bits per heavy atom. The van der Waals surface area contributed by atoms with Gasteiger partial charge in [0.2, 0.25) is 0 Å². The van der Waals surface area contributed by atoms with Gasteiger partial charge in [-0.2, -0.15) is 0 Å². The van der Waals surface area contributed by atoms with Gasteiger partial charge in [-0.1, -0.05) is 43.7 Å². The maximum Gasteiger partial charge on any atom is 0.191 e. The number of nitrogens with zero attached hydrogens (tertiary/aromatic N) is 3. The molecule has 146 valence electrons. The third kappa shape index (κ3) is 7.75. The van der Waals surface area contributed by atoms with E-state index < -0.39 is 0 Å². The normalized spacial score (nSPS) is 16.8. The van der Waals surface area contributed by atoms with Gasteiger partial charge in [0.25, 0.3) is 0 Å². The maximum absolute atomic E-state index is 4.39. The van der Waals surface area contributed by atoms with Gasteiger partial charge in [0.15, 0.2) is 5.96 Å². The summed E-state index contributed by atoms with van der Waals surface area (Å²) in [5.74, 6) is 0.940. The van der Waals surface area contributed by atoms with E-state index in [1.54, 1.807) is 0 Å². The van der Waals surface area contributed by atoms with Crippen LogP contribution in [0.3, 0.4) is 0 Å². The standard InChI is InChI=1S/C21H37N5/c1-4-5-14-25(3)17-13-23-21(22-2)24-20-11-15-26(16-12-20)18-19-9-7-6-8-10-19/h6-10,20H,4-5,11-18H2,1-3H3,(H2,22,23,24). The van der Waals surface area contributed by atoms with Crippen molar-refractivity contribution in [3.05, 3.63) is 35.9 Å². The average Bonchev–Trinajstić information content (AvgIpc) is 2.67. The summed E-state index contributed by atoms with van der Waals surface area (Å²) in [6, 6.07) is 11.3. The SMILES string of the molecule is CCCCN(C)CCNC(=NC)NC1CCN(Cc2ccccc2)CC1. The van der Waals surface area contributed by atoms with E-state index in [0.717, 1.165) is 38.7 Å². The van der Waals surface area contributed by atoms with E-state index in [4.69, 9.17) is 0 Å². The van der Waals surface area contributed by atoms with Crippen LogP contribution in [0.2, 0.25) is 0 Å². The van der Waals surface area contributed by atoms with Crippen LogP contribution in [0.4, 0.5) is 0 Å². The fourth-order valence-corrected chi connectivity index (χ4v) is 3.37. The number of hydrogen-bond acceptors (Lipinski definition) is 3. The van der Waals surface area contributed by atoms with Gasteiger partial charge in [-0.05, 0) is 38.4 Å². The molecule has 2 rings (SSSR count). The van der Waals surface area contributed by atoms with Gasteiger partial charge in [0, 0.05) is 45.8 Å². The van der Waals surface area contributed by atoms with Gasteiger partial charge in [-0.15, -0.1) is 0 Å². The fourth-order valence-electron chi connectivity index (χ4n) is 3.37. The molecule has 26 heavy (non-hydrogen) atoms. The second-order valence-electron chi connectivity index (χ2n) is 7.34. The lowest BCUT2D eigenvalue weighted by atomic mass is 10.0. The fraction of sp³-hybridized carbons (Fsp3) is 0.667. The number of hydrogen-bond donors (Lipinski definition) is 2. The van der Waals surface area contributed by atoms with Gasteiger partial charge in [-0.25, -0.2) is 0 Å². The molecule has 0 bridgehead atoms. The number of guanidine groups is 1. The summed E-state index contributed by atoms with van der Waals surface area (Å²) >= 11 is 0. The zero-order chi connectivity index (χ0) is 18.6. The molecule has 0 saturated carbocycles. The Labute approximate surface area is 159 Å². The topological polar surface area (TPSA) is 42.9 Å². The van der Waals surface area contributed by atoms with Gasteiger partial charge in [0.1, 0.15) is 0 Å². The predicted molar refractivity (Wildman–Crippen MR) is 112 cm³/mol. The molecule has 5 heteroatoms. The first-order valence-electron chi connectivity index (χ1n) is 10.1. The van der Waals surface area contributed by atoms with Crippen molar-refractivity contribution < 1.29 is 0 Å². The molecule has 0 aliphatic carbocycles. The van der Waals surface area contributed by atoms with Crippen LogP contribution in [0.15, 0.2) is 35.3 Å². The van der Waals surface area contributed by atoms with Crippen molar-refractivity contribution >= 4 is 5.96 Å². The predicted octanol–water partition coefficient (Wildman–Crippen LogP) is 2.55. The quantitative estimate of drug-likeness (QED) is 0.525. The summed E-state index contributed by atoms with van der Waals surface area (Å²) in [6.07, 6.45) is 4.86. The zero-order valence-electron chi connectivity index (χ0n) is 16.9. The van der Waals surface area contributed by atoms with Crippen LogP contribution in [0.5, 0.6) is 0 Å². The van der Waals surface area contributed by atoms with E-state index in [-0.39, 0.29) is 0 Å². The molecule has 0 unspecified atom stereocenters. The summed E-state index contributed by atoms with van der Waals surface area (Å²) in [4.78, 5) is 9.32. The maximum atomic E-state index is 4.39. The molecule has 0 atom stereocenters. The van der Waals surface area contributed by atoms with Gasteiger partial charge in [-0.3, -0.25) is 9.89 Å². The smallest absolute Gasteiger partial charge is 0.191 e. The van der Waals surface area contributed by atoms with Crippen molar-refractivity contribution in [3.8, 4) is 0 Å². The van der Waals surface area contributed by atoms with Gasteiger partial charge < -0.3 is 15.5 Å². The number of aliphatic imine (C=N–C) groups is 1. The van der Waals surface area contributed by atoms with E-state index in [2.05, 4.69) is 69.7 Å². The number of likely N-dealkylation sites (N-methyl/N-ethyl adjacent to an activating group) is 1. The lowest BCUT2D eigenvalue weighted by molar-refractivity contribution is 0.198. The first kappa shape index (κ1) is 20.7. The monoisotopic (exact) mass is 359 g/mol. The van der Waals surface area contributed by atoms with Crippen molar-refractivity contribution in [1.29, 1.82) is 0 Å². The Morgan fingerprint density at radius 3 is 2.58 bits per heavy atom. The molecular weight excluding hydrogens is 322 g/mol. The Hall–Kier alpha value is -1.59. The van der Waals surface area contributed by atoms with E-state index in [1.807, 2.05) is 7.05 Å². The van der Waals surface area contributed by atoms with Crippen LogP contribution in [-0.4, -0.2) is 68.6 Å². The first-order valence-corrected chi connectivity index (χ1v) is 10.1. The summed E-state index contributed by atoms with van der Waals surface area (Å²) in [5.41, 5.74) is 1.41. The highest BCUT2D eigenvalue weighted by atomic mass is 15.2. The molecule has 0 spiro atoms. The van der Waals surface area contributed by atoms with E-state index >= 15 is 0 Å². The first-order chi connectivity index (χ1) is 12.7. The van der Waals surface area contributed by atoms with Crippen LogP contribution in [-0.2, 0) is 6.54 Å². The van der Waals surface area contributed by atoms with Crippen LogP contribution in [0.25, 0.3) is 0 Å². The third-order valence-corrected chi connectivity index (χ3v) is 5.08. The van der Waals surface area contributed by atoms with E-state index in [0.29, 0.717) is 6.04 Å². The Kier molecular flexibility index (Phi) is 9.50. The molecule has 0 aromatic heterocycles. The second-order valence-corrected chi connectivity index (χ2v) is 7.34. The number of nitrogens with one attached hydrogen (secondary N) is 2. The summed E-state index contributed by atoms with van der Waals surface area (Å²) in [6.45, 7) is 8.74. The average molecular weight is 360 g/mol.